The number of piperazine rings is 1. The lowest BCUT2D eigenvalue weighted by atomic mass is 9.79. The Bertz CT molecular complexity index is 824. The van der Waals surface area contributed by atoms with Crippen LogP contribution in [0.15, 0.2) is 60.7 Å². The predicted molar refractivity (Wildman–Crippen MR) is 133 cm³/mol. The third-order valence-corrected chi connectivity index (χ3v) is 7.51. The molecule has 4 nitrogen and oxygen atoms in total. The molecule has 0 N–H and O–H groups in total. The maximum Gasteiger partial charge on any atom is 0.226 e. The Morgan fingerprint density at radius 3 is 2.12 bits per heavy atom. The molecule has 32 heavy (non-hydrogen) atoms. The van der Waals surface area contributed by atoms with Crippen molar-refractivity contribution in [1.29, 1.82) is 0 Å². The van der Waals surface area contributed by atoms with E-state index in [1.807, 2.05) is 25.1 Å². The van der Waals surface area contributed by atoms with Gasteiger partial charge in [0.2, 0.25) is 5.91 Å². The first-order chi connectivity index (χ1) is 15.7. The molecule has 2 aromatic carbocycles. The number of nitrogens with zero attached hydrogens (tertiary/aromatic N) is 3. The van der Waals surface area contributed by atoms with Gasteiger partial charge in [0.1, 0.15) is 0 Å². The van der Waals surface area contributed by atoms with Crippen LogP contribution in [0, 0.1) is 0 Å². The lowest BCUT2D eigenvalue weighted by Crippen LogP contribution is -2.62. The molecule has 0 spiro atoms. The molecular weight excluding hydrogens is 394 g/mol. The van der Waals surface area contributed by atoms with E-state index in [1.165, 1.54) is 37.7 Å². The molecule has 1 saturated carbocycles. The van der Waals surface area contributed by atoms with Gasteiger partial charge in [0.25, 0.3) is 0 Å². The van der Waals surface area contributed by atoms with Gasteiger partial charge in [0.15, 0.2) is 0 Å². The zero-order valence-electron chi connectivity index (χ0n) is 19.7. The van der Waals surface area contributed by atoms with Crippen LogP contribution < -0.4 is 4.90 Å². The maximum absolute atomic E-state index is 13.0. The number of rotatable bonds is 8. The second kappa shape index (κ2) is 11.1. The van der Waals surface area contributed by atoms with Gasteiger partial charge in [-0.1, -0.05) is 74.7 Å². The standard InChI is InChI=1S/C28H39N3O/c1-2-27(32)31(26-14-8-4-9-15-26)24-28(17-10-5-11-18-28)30-22-20-29(21-23-30)19-16-25-12-6-3-7-13-25/h3-4,6-9,12-15H,2,5,10-11,16-24H2,1H3. The van der Waals surface area contributed by atoms with Crippen LogP contribution in [0.2, 0.25) is 0 Å². The van der Waals surface area contributed by atoms with E-state index in [1.54, 1.807) is 0 Å². The Kier molecular flexibility index (Phi) is 7.99. The van der Waals surface area contributed by atoms with Gasteiger partial charge in [0.05, 0.1) is 0 Å². The first-order valence-corrected chi connectivity index (χ1v) is 12.6. The normalized spacial score (nSPS) is 19.5. The van der Waals surface area contributed by atoms with Gasteiger partial charge < -0.3 is 9.80 Å². The largest absolute Gasteiger partial charge is 0.311 e. The van der Waals surface area contributed by atoms with Crippen LogP contribution in [-0.2, 0) is 11.2 Å². The Balaban J connectivity index is 1.43. The third kappa shape index (κ3) is 5.60. The van der Waals surface area contributed by atoms with Crippen molar-refractivity contribution in [2.45, 2.75) is 57.4 Å². The lowest BCUT2D eigenvalue weighted by Gasteiger charge is -2.51. The van der Waals surface area contributed by atoms with E-state index < -0.39 is 0 Å². The second-order valence-electron chi connectivity index (χ2n) is 9.52. The molecular formula is C28H39N3O. The average Bonchev–Trinajstić information content (AvgIpc) is 2.87. The van der Waals surface area contributed by atoms with Crippen molar-refractivity contribution in [3.05, 3.63) is 66.2 Å². The van der Waals surface area contributed by atoms with Crippen LogP contribution in [0.5, 0.6) is 0 Å². The van der Waals surface area contributed by atoms with Crippen molar-refractivity contribution >= 4 is 11.6 Å². The van der Waals surface area contributed by atoms with Gasteiger partial charge in [-0.25, -0.2) is 0 Å². The van der Waals surface area contributed by atoms with Crippen molar-refractivity contribution in [3.63, 3.8) is 0 Å². The van der Waals surface area contributed by atoms with Gasteiger partial charge in [-0.15, -0.1) is 0 Å². The molecule has 1 saturated heterocycles. The quantitative estimate of drug-likeness (QED) is 0.587. The van der Waals surface area contributed by atoms with E-state index >= 15 is 0 Å². The van der Waals surface area contributed by atoms with E-state index in [9.17, 15) is 4.79 Å². The van der Waals surface area contributed by atoms with Gasteiger partial charge in [0, 0.05) is 56.9 Å². The van der Waals surface area contributed by atoms with E-state index in [-0.39, 0.29) is 11.4 Å². The molecule has 2 aromatic rings. The van der Waals surface area contributed by atoms with Gasteiger partial charge in [-0.2, -0.15) is 0 Å². The van der Waals surface area contributed by atoms with E-state index in [2.05, 4.69) is 57.2 Å². The minimum atomic E-state index is 0.116. The third-order valence-electron chi connectivity index (χ3n) is 7.51. The maximum atomic E-state index is 13.0. The van der Waals surface area contributed by atoms with Crippen LogP contribution in [0.3, 0.4) is 0 Å². The van der Waals surface area contributed by atoms with Gasteiger partial charge in [-0.3, -0.25) is 9.69 Å². The number of anilines is 1. The Labute approximate surface area is 194 Å². The summed E-state index contributed by atoms with van der Waals surface area (Å²) in [7, 11) is 0. The highest BCUT2D eigenvalue weighted by molar-refractivity contribution is 5.93. The molecule has 0 aromatic heterocycles. The van der Waals surface area contributed by atoms with Crippen molar-refractivity contribution < 1.29 is 4.79 Å². The zero-order valence-corrected chi connectivity index (χ0v) is 19.7. The summed E-state index contributed by atoms with van der Waals surface area (Å²) in [5.41, 5.74) is 2.59. The smallest absolute Gasteiger partial charge is 0.226 e. The molecule has 1 aliphatic heterocycles. The molecule has 4 heteroatoms. The molecule has 0 bridgehead atoms. The Hall–Kier alpha value is -2.17. The number of amides is 1. The molecule has 1 aliphatic carbocycles. The summed E-state index contributed by atoms with van der Waals surface area (Å²) >= 11 is 0. The minimum Gasteiger partial charge on any atom is -0.311 e. The summed E-state index contributed by atoms with van der Waals surface area (Å²) < 4.78 is 0. The molecule has 2 fully saturated rings. The van der Waals surface area contributed by atoms with Gasteiger partial charge >= 0.3 is 0 Å². The predicted octanol–water partition coefficient (Wildman–Crippen LogP) is 4.99. The molecule has 0 radical (unpaired) electrons. The summed E-state index contributed by atoms with van der Waals surface area (Å²) in [6, 6.07) is 21.1. The first kappa shape index (κ1) is 23.0. The molecule has 0 atom stereocenters. The molecule has 1 amide bonds. The summed E-state index contributed by atoms with van der Waals surface area (Å²) in [4.78, 5) is 20.4. The summed E-state index contributed by atoms with van der Waals surface area (Å²) in [5.74, 6) is 0.239. The van der Waals surface area contributed by atoms with Crippen molar-refractivity contribution in [2.24, 2.45) is 0 Å². The first-order valence-electron chi connectivity index (χ1n) is 12.6. The number of carbonyl (C=O) groups is 1. The molecule has 172 valence electrons. The Morgan fingerprint density at radius 2 is 1.50 bits per heavy atom. The molecule has 2 aliphatic rings. The topological polar surface area (TPSA) is 26.8 Å². The van der Waals surface area contributed by atoms with Crippen LogP contribution in [-0.4, -0.2) is 60.5 Å². The van der Waals surface area contributed by atoms with Crippen molar-refractivity contribution in [2.75, 3.05) is 44.2 Å². The zero-order chi connectivity index (χ0) is 22.2. The summed E-state index contributed by atoms with van der Waals surface area (Å²) in [5, 5.41) is 0. The van der Waals surface area contributed by atoms with E-state index in [0.29, 0.717) is 6.42 Å². The second-order valence-corrected chi connectivity index (χ2v) is 9.52. The highest BCUT2D eigenvalue weighted by atomic mass is 16.2. The SMILES string of the molecule is CCC(=O)N(CC1(N2CCN(CCc3ccccc3)CC2)CCCCC1)c1ccccc1. The Morgan fingerprint density at radius 1 is 0.875 bits per heavy atom. The molecule has 1 heterocycles. The van der Waals surface area contributed by atoms with E-state index in [0.717, 1.165) is 51.4 Å². The van der Waals surface area contributed by atoms with Crippen LogP contribution >= 0.6 is 0 Å². The van der Waals surface area contributed by atoms with Crippen molar-refractivity contribution in [3.8, 4) is 0 Å². The van der Waals surface area contributed by atoms with Crippen LogP contribution in [0.1, 0.15) is 51.0 Å². The summed E-state index contributed by atoms with van der Waals surface area (Å²) in [6.45, 7) is 8.42. The fourth-order valence-electron chi connectivity index (χ4n) is 5.58. The highest BCUT2D eigenvalue weighted by Gasteiger charge is 2.41. The molecule has 0 unspecified atom stereocenters. The average molecular weight is 434 g/mol. The number of benzene rings is 2. The summed E-state index contributed by atoms with van der Waals surface area (Å²) in [6.07, 6.45) is 7.96. The molecule has 4 rings (SSSR count). The highest BCUT2D eigenvalue weighted by Crippen LogP contribution is 2.36. The number of para-hydroxylation sites is 1. The number of hydrogen-bond acceptors (Lipinski definition) is 3. The minimum absolute atomic E-state index is 0.116. The number of carbonyl (C=O) groups excluding carboxylic acids is 1. The number of hydrogen-bond donors (Lipinski definition) is 0. The van der Waals surface area contributed by atoms with Crippen LogP contribution in [0.4, 0.5) is 5.69 Å². The van der Waals surface area contributed by atoms with Gasteiger partial charge in [-0.05, 0) is 37.0 Å². The monoisotopic (exact) mass is 433 g/mol. The fourth-order valence-corrected chi connectivity index (χ4v) is 5.58. The van der Waals surface area contributed by atoms with Crippen molar-refractivity contribution in [1.82, 2.24) is 9.80 Å². The lowest BCUT2D eigenvalue weighted by molar-refractivity contribution is -0.119. The fraction of sp³-hybridized carbons (Fsp3) is 0.536. The van der Waals surface area contributed by atoms with E-state index in [4.69, 9.17) is 0 Å². The van der Waals surface area contributed by atoms with Crippen LogP contribution in [0.25, 0.3) is 0 Å².